The van der Waals surface area contributed by atoms with Gasteiger partial charge >= 0.3 is 5.97 Å². The zero-order valence-corrected chi connectivity index (χ0v) is 10.8. The average Bonchev–Trinajstić information content (AvgIpc) is 2.31. The maximum absolute atomic E-state index is 11.4. The number of ether oxygens (including phenoxy) is 3. The lowest BCUT2D eigenvalue weighted by molar-refractivity contribution is -0.152. The Morgan fingerprint density at radius 1 is 1.47 bits per heavy atom. The Morgan fingerprint density at radius 3 is 2.88 bits per heavy atom. The minimum absolute atomic E-state index is 0.159. The van der Waals surface area contributed by atoms with Crippen molar-refractivity contribution in [2.75, 3.05) is 39.6 Å². The van der Waals surface area contributed by atoms with Crippen molar-refractivity contribution in [2.24, 2.45) is 0 Å². The van der Waals surface area contributed by atoms with E-state index in [-0.39, 0.29) is 12.1 Å². The summed E-state index contributed by atoms with van der Waals surface area (Å²) >= 11 is 0. The van der Waals surface area contributed by atoms with Crippen LogP contribution in [0, 0.1) is 0 Å². The van der Waals surface area contributed by atoms with Gasteiger partial charge in [0.1, 0.15) is 6.79 Å². The molecule has 1 heterocycles. The topological polar surface area (TPSA) is 48.0 Å². The summed E-state index contributed by atoms with van der Waals surface area (Å²) in [5.74, 6) is -0.159. The van der Waals surface area contributed by atoms with Crippen molar-refractivity contribution < 1.29 is 19.0 Å². The van der Waals surface area contributed by atoms with E-state index in [0.29, 0.717) is 19.9 Å². The highest BCUT2D eigenvalue weighted by Crippen LogP contribution is 2.08. The zero-order chi connectivity index (χ0) is 12.5. The third-order valence-corrected chi connectivity index (χ3v) is 2.63. The van der Waals surface area contributed by atoms with Crippen LogP contribution in [0.2, 0.25) is 0 Å². The van der Waals surface area contributed by atoms with Crippen molar-refractivity contribution in [1.29, 1.82) is 0 Å². The maximum Gasteiger partial charge on any atom is 0.320 e. The van der Waals surface area contributed by atoms with Crippen LogP contribution in [-0.2, 0) is 19.0 Å². The SMILES string of the molecule is CCCN(CC(=O)OCC)CC1CCOCO1. The second-order valence-electron chi connectivity index (χ2n) is 4.14. The Bertz CT molecular complexity index is 217. The van der Waals surface area contributed by atoms with Crippen LogP contribution in [0.15, 0.2) is 0 Å². The Hall–Kier alpha value is -0.650. The number of carbonyl (C=O) groups excluding carboxylic acids is 1. The molecule has 1 aliphatic heterocycles. The van der Waals surface area contributed by atoms with Gasteiger partial charge in [0.2, 0.25) is 0 Å². The molecule has 1 fully saturated rings. The summed E-state index contributed by atoms with van der Waals surface area (Å²) in [5, 5.41) is 0. The molecule has 17 heavy (non-hydrogen) atoms. The summed E-state index contributed by atoms with van der Waals surface area (Å²) in [6, 6.07) is 0. The molecule has 0 aliphatic carbocycles. The fraction of sp³-hybridized carbons (Fsp3) is 0.917. The first kappa shape index (κ1) is 14.4. The van der Waals surface area contributed by atoms with Gasteiger partial charge in [0.15, 0.2) is 0 Å². The summed E-state index contributed by atoms with van der Waals surface area (Å²) in [6.07, 6.45) is 2.08. The fourth-order valence-electron chi connectivity index (χ4n) is 1.87. The monoisotopic (exact) mass is 245 g/mol. The first-order valence-electron chi connectivity index (χ1n) is 6.33. The van der Waals surface area contributed by atoms with Gasteiger partial charge in [-0.15, -0.1) is 0 Å². The van der Waals surface area contributed by atoms with Crippen LogP contribution in [-0.4, -0.2) is 56.6 Å². The highest BCUT2D eigenvalue weighted by molar-refractivity contribution is 5.71. The molecule has 0 spiro atoms. The second kappa shape index (κ2) is 8.44. The van der Waals surface area contributed by atoms with Gasteiger partial charge in [-0.25, -0.2) is 0 Å². The normalized spacial score (nSPS) is 20.5. The van der Waals surface area contributed by atoms with Crippen molar-refractivity contribution >= 4 is 5.97 Å². The molecule has 100 valence electrons. The lowest BCUT2D eigenvalue weighted by atomic mass is 10.2. The molecular weight excluding hydrogens is 222 g/mol. The molecule has 0 aromatic heterocycles. The van der Waals surface area contributed by atoms with Gasteiger partial charge in [0, 0.05) is 6.54 Å². The lowest BCUT2D eigenvalue weighted by Gasteiger charge is -2.28. The van der Waals surface area contributed by atoms with Crippen molar-refractivity contribution in [1.82, 2.24) is 4.90 Å². The Balaban J connectivity index is 2.32. The maximum atomic E-state index is 11.4. The molecule has 1 saturated heterocycles. The van der Waals surface area contributed by atoms with Gasteiger partial charge in [-0.1, -0.05) is 6.92 Å². The summed E-state index contributed by atoms with van der Waals surface area (Å²) in [7, 11) is 0. The number of hydrogen-bond donors (Lipinski definition) is 0. The second-order valence-corrected chi connectivity index (χ2v) is 4.14. The van der Waals surface area contributed by atoms with Gasteiger partial charge in [0.05, 0.1) is 25.9 Å². The molecular formula is C12H23NO4. The van der Waals surface area contributed by atoms with E-state index >= 15 is 0 Å². The minimum atomic E-state index is -0.159. The average molecular weight is 245 g/mol. The largest absolute Gasteiger partial charge is 0.465 e. The predicted molar refractivity (Wildman–Crippen MR) is 63.7 cm³/mol. The summed E-state index contributed by atoms with van der Waals surface area (Å²) in [6.45, 7) is 7.48. The standard InChI is InChI=1S/C12H23NO4/c1-3-6-13(9-12(14)16-4-2)8-11-5-7-15-10-17-11/h11H,3-10H2,1-2H3. The van der Waals surface area contributed by atoms with Gasteiger partial charge in [-0.2, -0.15) is 0 Å². The van der Waals surface area contributed by atoms with E-state index in [2.05, 4.69) is 11.8 Å². The van der Waals surface area contributed by atoms with Crippen LogP contribution in [0.25, 0.3) is 0 Å². The molecule has 0 N–H and O–H groups in total. The molecule has 1 atom stereocenters. The van der Waals surface area contributed by atoms with Crippen molar-refractivity contribution in [2.45, 2.75) is 32.8 Å². The molecule has 0 radical (unpaired) electrons. The number of rotatable bonds is 7. The molecule has 1 aliphatic rings. The highest BCUT2D eigenvalue weighted by Gasteiger charge is 2.19. The molecule has 1 unspecified atom stereocenters. The Labute approximate surface area is 103 Å². The fourth-order valence-corrected chi connectivity index (χ4v) is 1.87. The molecule has 0 saturated carbocycles. The van der Waals surface area contributed by atoms with Crippen LogP contribution in [0.3, 0.4) is 0 Å². The van der Waals surface area contributed by atoms with E-state index in [1.54, 1.807) is 0 Å². The van der Waals surface area contributed by atoms with Gasteiger partial charge in [-0.3, -0.25) is 9.69 Å². The number of carbonyl (C=O) groups is 1. The highest BCUT2D eigenvalue weighted by atomic mass is 16.7. The molecule has 1 rings (SSSR count). The smallest absolute Gasteiger partial charge is 0.320 e. The number of esters is 1. The first-order chi connectivity index (χ1) is 8.26. The third-order valence-electron chi connectivity index (χ3n) is 2.63. The van der Waals surface area contributed by atoms with Crippen LogP contribution < -0.4 is 0 Å². The lowest BCUT2D eigenvalue weighted by Crippen LogP contribution is -2.40. The summed E-state index contributed by atoms with van der Waals surface area (Å²) < 4.78 is 15.6. The van der Waals surface area contributed by atoms with Crippen LogP contribution >= 0.6 is 0 Å². The molecule has 5 nitrogen and oxygen atoms in total. The number of nitrogens with zero attached hydrogens (tertiary/aromatic N) is 1. The number of hydrogen-bond acceptors (Lipinski definition) is 5. The van der Waals surface area contributed by atoms with Crippen LogP contribution in [0.5, 0.6) is 0 Å². The molecule has 5 heteroatoms. The van der Waals surface area contributed by atoms with Crippen molar-refractivity contribution in [3.05, 3.63) is 0 Å². The van der Waals surface area contributed by atoms with Crippen molar-refractivity contribution in [3.63, 3.8) is 0 Å². The van der Waals surface area contributed by atoms with E-state index in [9.17, 15) is 4.79 Å². The summed E-state index contributed by atoms with van der Waals surface area (Å²) in [5.41, 5.74) is 0. The van der Waals surface area contributed by atoms with E-state index in [4.69, 9.17) is 14.2 Å². The molecule has 0 aromatic carbocycles. The van der Waals surface area contributed by atoms with E-state index in [1.807, 2.05) is 6.92 Å². The molecule has 0 bridgehead atoms. The van der Waals surface area contributed by atoms with Gasteiger partial charge < -0.3 is 14.2 Å². The van der Waals surface area contributed by atoms with Crippen LogP contribution in [0.4, 0.5) is 0 Å². The van der Waals surface area contributed by atoms with E-state index in [1.165, 1.54) is 0 Å². The Morgan fingerprint density at radius 2 is 2.29 bits per heavy atom. The quantitative estimate of drug-likeness (QED) is 0.627. The summed E-state index contributed by atoms with van der Waals surface area (Å²) in [4.78, 5) is 13.5. The minimum Gasteiger partial charge on any atom is -0.465 e. The van der Waals surface area contributed by atoms with Gasteiger partial charge in [0.25, 0.3) is 0 Å². The van der Waals surface area contributed by atoms with Crippen molar-refractivity contribution in [3.8, 4) is 0 Å². The first-order valence-corrected chi connectivity index (χ1v) is 6.33. The van der Waals surface area contributed by atoms with Gasteiger partial charge in [-0.05, 0) is 26.3 Å². The molecule has 0 aromatic rings. The Kier molecular flexibility index (Phi) is 7.16. The van der Waals surface area contributed by atoms with Crippen LogP contribution in [0.1, 0.15) is 26.7 Å². The van der Waals surface area contributed by atoms with E-state index < -0.39 is 0 Å². The molecule has 0 amide bonds. The third kappa shape index (κ3) is 6.00. The predicted octanol–water partition coefficient (Wildman–Crippen LogP) is 1.02. The zero-order valence-electron chi connectivity index (χ0n) is 10.8. The van der Waals surface area contributed by atoms with E-state index in [0.717, 1.165) is 32.5 Å².